The quantitative estimate of drug-likeness (QED) is 0.237. The number of halogens is 1. The lowest BCUT2D eigenvalue weighted by Gasteiger charge is -2.40. The Bertz CT molecular complexity index is 2440. The third kappa shape index (κ3) is 9.49. The minimum Gasteiger partial charge on any atom is -0.497 e. The highest BCUT2D eigenvalue weighted by molar-refractivity contribution is 6.30. The molecule has 4 aromatic rings. The molecule has 1 N–H and O–H groups in total. The van der Waals surface area contributed by atoms with Gasteiger partial charge in [0.05, 0.1) is 14.2 Å². The Balaban J connectivity index is 0.000000253. The Kier molecular flexibility index (Phi) is 12.7. The van der Waals surface area contributed by atoms with E-state index < -0.39 is 0 Å². The molecule has 0 fully saturated rings. The molecular formula is C45H31ClN2O3. The zero-order chi connectivity index (χ0) is 35.8. The van der Waals surface area contributed by atoms with Gasteiger partial charge in [-0.1, -0.05) is 29.7 Å². The van der Waals surface area contributed by atoms with Gasteiger partial charge >= 0.3 is 0 Å². The number of terminal acetylenes is 1. The molecule has 1 atom stereocenters. The summed E-state index contributed by atoms with van der Waals surface area (Å²) >= 11 is 6.03. The van der Waals surface area contributed by atoms with Crippen molar-refractivity contribution in [3.63, 3.8) is 0 Å². The van der Waals surface area contributed by atoms with Gasteiger partial charge in [-0.15, -0.1) is 6.42 Å². The Morgan fingerprint density at radius 2 is 1.47 bits per heavy atom. The van der Waals surface area contributed by atoms with Crippen LogP contribution in [0.15, 0.2) is 54.6 Å². The first kappa shape index (κ1) is 35.6. The Labute approximate surface area is 305 Å². The maximum absolute atomic E-state index is 6.25. The molecule has 0 saturated carbocycles. The van der Waals surface area contributed by atoms with Crippen LogP contribution in [0.5, 0.6) is 17.2 Å². The first-order valence-electron chi connectivity index (χ1n) is 15.9. The monoisotopic (exact) mass is 682 g/mol. The molecule has 0 radical (unpaired) electrons. The molecule has 0 saturated heterocycles. The third-order valence-corrected chi connectivity index (χ3v) is 8.36. The molecule has 1 unspecified atom stereocenters. The van der Waals surface area contributed by atoms with Gasteiger partial charge in [-0.2, -0.15) is 0 Å². The number of ether oxygens (including phenoxy) is 3. The molecule has 1 aromatic heterocycles. The fourth-order valence-corrected chi connectivity index (χ4v) is 5.95. The van der Waals surface area contributed by atoms with Crippen molar-refractivity contribution in [2.24, 2.45) is 0 Å². The fourth-order valence-electron chi connectivity index (χ4n) is 5.82. The van der Waals surface area contributed by atoms with Crippen LogP contribution in [0, 0.1) is 95.2 Å². The van der Waals surface area contributed by atoms with Crippen LogP contribution in [0.1, 0.15) is 40.9 Å². The van der Waals surface area contributed by atoms with Gasteiger partial charge in [0.25, 0.3) is 0 Å². The van der Waals surface area contributed by atoms with E-state index >= 15 is 0 Å². The molecule has 0 bridgehead atoms. The molecule has 3 heterocycles. The van der Waals surface area contributed by atoms with Crippen LogP contribution >= 0.6 is 11.6 Å². The van der Waals surface area contributed by atoms with Gasteiger partial charge < -0.3 is 19.2 Å². The number of nitrogens with zero attached hydrogens (tertiary/aromatic N) is 1. The second-order valence-electron chi connectivity index (χ2n) is 11.1. The Hall–Kier alpha value is -6.67. The van der Waals surface area contributed by atoms with Gasteiger partial charge in [-0.25, -0.2) is 0 Å². The van der Waals surface area contributed by atoms with Gasteiger partial charge in [0.1, 0.15) is 12.4 Å². The van der Waals surface area contributed by atoms with E-state index in [0.29, 0.717) is 12.6 Å². The lowest BCUT2D eigenvalue weighted by molar-refractivity contribution is 0.158. The number of hydrogen-bond acceptors (Lipinski definition) is 4. The highest BCUT2D eigenvalue weighted by Crippen LogP contribution is 2.44. The standard InChI is InChI=1S/C28H27ClN2O3.C17H4/c1-32-20-7-8-24-22(12-20)23-13-26-21-14-28(34-16-17-3-5-19(29)6-4-17)27(33-2)11-18(21)9-10-31(26)15-25(23)30-24;1-3-5-7-9-11-13-15-17-16-14-12-10-8-6-4-2/h3-8,11-12,14,26,30H,9-10,13,15-16H2,1-2H3;1H,2H3. The zero-order valence-corrected chi connectivity index (χ0v) is 29.2. The summed E-state index contributed by atoms with van der Waals surface area (Å²) < 4.78 is 17.4. The minimum absolute atomic E-state index is 0.310. The van der Waals surface area contributed by atoms with Crippen LogP contribution in [0.3, 0.4) is 0 Å². The molecule has 2 aliphatic heterocycles. The molecule has 246 valence electrons. The van der Waals surface area contributed by atoms with Gasteiger partial charge in [0, 0.05) is 40.8 Å². The highest BCUT2D eigenvalue weighted by Gasteiger charge is 2.34. The summed E-state index contributed by atoms with van der Waals surface area (Å²) in [6.07, 6.45) is 6.84. The molecule has 3 aromatic carbocycles. The van der Waals surface area contributed by atoms with Gasteiger partial charge in [-0.3, -0.25) is 4.90 Å². The summed E-state index contributed by atoms with van der Waals surface area (Å²) in [6, 6.07) is 18.7. The first-order chi connectivity index (χ1) is 25.0. The topological polar surface area (TPSA) is 46.7 Å². The maximum atomic E-state index is 6.25. The van der Waals surface area contributed by atoms with Crippen LogP contribution in [0.4, 0.5) is 0 Å². The van der Waals surface area contributed by atoms with Crippen molar-refractivity contribution < 1.29 is 14.2 Å². The second kappa shape index (κ2) is 18.2. The number of nitrogens with one attached hydrogen (secondary N) is 1. The molecule has 2 aliphatic rings. The SMILES string of the molecule is C#CC#CC#CC#CC#CC#CC#CC#CC.COc1ccc2[nH]c3c(c2c1)CC1c2cc(OCc4ccc(Cl)cc4)c(OC)cc2CCN1C3. The van der Waals surface area contributed by atoms with E-state index in [-0.39, 0.29) is 0 Å². The number of aromatic amines is 1. The third-order valence-electron chi connectivity index (χ3n) is 8.11. The smallest absolute Gasteiger partial charge is 0.162 e. The van der Waals surface area contributed by atoms with E-state index in [0.717, 1.165) is 53.8 Å². The van der Waals surface area contributed by atoms with Gasteiger partial charge in [-0.05, 0) is 167 Å². The number of benzene rings is 3. The molecule has 0 spiro atoms. The molecule has 6 rings (SSSR count). The molecule has 0 aliphatic carbocycles. The summed E-state index contributed by atoms with van der Waals surface area (Å²) in [5.41, 5.74) is 7.63. The summed E-state index contributed by atoms with van der Waals surface area (Å²) in [5.74, 6) is 39.4. The number of rotatable bonds is 5. The van der Waals surface area contributed by atoms with Crippen LogP contribution in [-0.4, -0.2) is 30.6 Å². The summed E-state index contributed by atoms with van der Waals surface area (Å²) in [4.78, 5) is 6.22. The van der Waals surface area contributed by atoms with Crippen LogP contribution < -0.4 is 14.2 Å². The van der Waals surface area contributed by atoms with E-state index in [1.165, 1.54) is 33.3 Å². The number of methoxy groups -OCH3 is 2. The zero-order valence-electron chi connectivity index (χ0n) is 28.4. The van der Waals surface area contributed by atoms with Crippen molar-refractivity contribution in [1.29, 1.82) is 0 Å². The average Bonchev–Trinajstić information content (AvgIpc) is 3.52. The summed E-state index contributed by atoms with van der Waals surface area (Å²) in [5, 5.41) is 1.98. The number of hydrogen-bond donors (Lipinski definition) is 1. The van der Waals surface area contributed by atoms with E-state index in [1.54, 1.807) is 21.1 Å². The van der Waals surface area contributed by atoms with E-state index in [2.05, 4.69) is 123 Å². The number of fused-ring (bicyclic) bond motifs is 6. The predicted molar refractivity (Wildman–Crippen MR) is 203 cm³/mol. The molecule has 51 heavy (non-hydrogen) atoms. The van der Waals surface area contributed by atoms with Crippen molar-refractivity contribution in [3.8, 4) is 112 Å². The first-order valence-corrected chi connectivity index (χ1v) is 16.3. The predicted octanol–water partition coefficient (Wildman–Crippen LogP) is 6.74. The molecular weight excluding hydrogens is 652 g/mol. The average molecular weight is 683 g/mol. The second-order valence-corrected chi connectivity index (χ2v) is 11.5. The molecule has 0 amide bonds. The fraction of sp³-hybridized carbons (Fsp3) is 0.200. The minimum atomic E-state index is 0.310. The normalized spacial score (nSPS) is 12.6. The molecule has 5 nitrogen and oxygen atoms in total. The van der Waals surface area contributed by atoms with Gasteiger partial charge in [0.15, 0.2) is 11.5 Å². The van der Waals surface area contributed by atoms with E-state index in [9.17, 15) is 0 Å². The Morgan fingerprint density at radius 3 is 2.10 bits per heavy atom. The lowest BCUT2D eigenvalue weighted by atomic mass is 9.85. The van der Waals surface area contributed by atoms with Crippen LogP contribution in [0.25, 0.3) is 10.9 Å². The van der Waals surface area contributed by atoms with E-state index in [1.807, 2.05) is 30.3 Å². The Morgan fingerprint density at radius 1 is 0.804 bits per heavy atom. The largest absolute Gasteiger partial charge is 0.497 e. The van der Waals surface area contributed by atoms with Crippen molar-refractivity contribution >= 4 is 22.5 Å². The number of aromatic nitrogens is 1. The highest BCUT2D eigenvalue weighted by atomic mass is 35.5. The van der Waals surface area contributed by atoms with Gasteiger partial charge in [0.2, 0.25) is 0 Å². The van der Waals surface area contributed by atoms with Crippen molar-refractivity contribution in [2.75, 3.05) is 20.8 Å². The summed E-state index contributed by atoms with van der Waals surface area (Å²) in [7, 11) is 3.43. The van der Waals surface area contributed by atoms with Crippen LogP contribution in [0.2, 0.25) is 5.02 Å². The van der Waals surface area contributed by atoms with Crippen molar-refractivity contribution in [1.82, 2.24) is 9.88 Å². The summed E-state index contributed by atoms with van der Waals surface area (Å²) in [6.45, 7) is 4.12. The van der Waals surface area contributed by atoms with Crippen molar-refractivity contribution in [2.45, 2.75) is 39.0 Å². The number of H-pyrrole nitrogens is 1. The maximum Gasteiger partial charge on any atom is 0.162 e. The van der Waals surface area contributed by atoms with E-state index in [4.69, 9.17) is 32.2 Å². The van der Waals surface area contributed by atoms with Crippen molar-refractivity contribution in [3.05, 3.63) is 87.6 Å². The van der Waals surface area contributed by atoms with Crippen LogP contribution in [-0.2, 0) is 26.0 Å². The lowest BCUT2D eigenvalue weighted by Crippen LogP contribution is -2.39. The molecule has 6 heteroatoms.